The predicted molar refractivity (Wildman–Crippen MR) is 90.3 cm³/mol. The largest absolute Gasteiger partial charge is 0.444 e. The minimum atomic E-state index is -0.500. The van der Waals surface area contributed by atoms with Crippen LogP contribution in [-0.4, -0.2) is 35.8 Å². The highest BCUT2D eigenvalue weighted by Gasteiger charge is 2.25. The molecule has 1 aliphatic heterocycles. The lowest BCUT2D eigenvalue weighted by Gasteiger charge is -2.35. The Bertz CT molecular complexity index is 594. The SMILES string of the molecule is CC(C)(C)OC(=O)NC1CCCN(c2ccncc2SC#N)C1. The van der Waals surface area contributed by atoms with Gasteiger partial charge in [-0.1, -0.05) is 0 Å². The molecule has 23 heavy (non-hydrogen) atoms. The van der Waals surface area contributed by atoms with Crippen LogP contribution in [0.5, 0.6) is 0 Å². The number of ether oxygens (including phenoxy) is 1. The number of carbonyl (C=O) groups excluding carboxylic acids is 1. The molecular formula is C16H22N4O2S. The lowest BCUT2D eigenvalue weighted by molar-refractivity contribution is 0.0500. The molecule has 1 aromatic heterocycles. The van der Waals surface area contributed by atoms with E-state index in [1.54, 1.807) is 12.4 Å². The Morgan fingerprint density at radius 1 is 1.57 bits per heavy atom. The summed E-state index contributed by atoms with van der Waals surface area (Å²) >= 11 is 1.11. The van der Waals surface area contributed by atoms with E-state index < -0.39 is 5.60 Å². The third-order valence-electron chi connectivity index (χ3n) is 3.40. The van der Waals surface area contributed by atoms with E-state index in [9.17, 15) is 4.79 Å². The molecule has 0 bridgehead atoms. The van der Waals surface area contributed by atoms with E-state index in [4.69, 9.17) is 10.00 Å². The number of hydrogen-bond donors (Lipinski definition) is 1. The van der Waals surface area contributed by atoms with E-state index >= 15 is 0 Å². The van der Waals surface area contributed by atoms with Gasteiger partial charge in [0.05, 0.1) is 10.6 Å². The average molecular weight is 334 g/mol. The van der Waals surface area contributed by atoms with Crippen LogP contribution in [0.3, 0.4) is 0 Å². The molecule has 2 rings (SSSR count). The predicted octanol–water partition coefficient (Wildman–Crippen LogP) is 3.15. The Morgan fingerprint density at radius 3 is 3.04 bits per heavy atom. The molecule has 1 unspecified atom stereocenters. The molecule has 0 aliphatic carbocycles. The van der Waals surface area contributed by atoms with E-state index in [-0.39, 0.29) is 12.1 Å². The van der Waals surface area contributed by atoms with E-state index in [0.29, 0.717) is 6.54 Å². The third-order valence-corrected chi connectivity index (χ3v) is 4.03. The van der Waals surface area contributed by atoms with Gasteiger partial charge >= 0.3 is 6.09 Å². The maximum absolute atomic E-state index is 11.9. The molecule has 7 heteroatoms. The molecule has 2 heterocycles. The molecule has 6 nitrogen and oxygen atoms in total. The van der Waals surface area contributed by atoms with Crippen LogP contribution in [-0.2, 0) is 4.74 Å². The topological polar surface area (TPSA) is 78.2 Å². The highest BCUT2D eigenvalue weighted by atomic mass is 32.2. The van der Waals surface area contributed by atoms with Crippen molar-refractivity contribution in [2.75, 3.05) is 18.0 Å². The van der Waals surface area contributed by atoms with Crippen LogP contribution in [0.4, 0.5) is 10.5 Å². The van der Waals surface area contributed by atoms with Gasteiger partial charge in [0.25, 0.3) is 0 Å². The molecule has 1 aliphatic rings. The Labute approximate surface area is 141 Å². The van der Waals surface area contributed by atoms with Crippen LogP contribution in [0.1, 0.15) is 33.6 Å². The number of amides is 1. The summed E-state index contributed by atoms with van der Waals surface area (Å²) in [6.07, 6.45) is 4.93. The number of nitriles is 1. The Balaban J connectivity index is 2.01. The van der Waals surface area contributed by atoms with Crippen molar-refractivity contribution in [3.05, 3.63) is 18.5 Å². The summed E-state index contributed by atoms with van der Waals surface area (Å²) in [5.41, 5.74) is 0.488. The smallest absolute Gasteiger partial charge is 0.407 e. The Hall–Kier alpha value is -1.94. The number of nitrogens with one attached hydrogen (secondary N) is 1. The van der Waals surface area contributed by atoms with Crippen molar-refractivity contribution in [3.8, 4) is 5.40 Å². The highest BCUT2D eigenvalue weighted by molar-refractivity contribution is 8.03. The fraction of sp³-hybridized carbons (Fsp3) is 0.562. The van der Waals surface area contributed by atoms with Crippen LogP contribution < -0.4 is 10.2 Å². The quantitative estimate of drug-likeness (QED) is 0.676. The molecule has 124 valence electrons. The number of alkyl carbamates (subject to hydrolysis) is 1. The van der Waals surface area contributed by atoms with Crippen LogP contribution in [0.2, 0.25) is 0 Å². The van der Waals surface area contributed by atoms with Crippen molar-refractivity contribution in [2.45, 2.75) is 50.2 Å². The molecule has 0 radical (unpaired) electrons. The second-order valence-corrected chi connectivity index (χ2v) is 7.29. The number of thioether (sulfide) groups is 1. The van der Waals surface area contributed by atoms with Crippen molar-refractivity contribution in [1.29, 1.82) is 5.26 Å². The zero-order valence-electron chi connectivity index (χ0n) is 13.7. The van der Waals surface area contributed by atoms with Gasteiger partial charge in [-0.3, -0.25) is 4.98 Å². The summed E-state index contributed by atoms with van der Waals surface area (Å²) in [5, 5.41) is 13.9. The zero-order valence-corrected chi connectivity index (χ0v) is 14.5. The Kier molecular flexibility index (Phi) is 5.72. The lowest BCUT2D eigenvalue weighted by Crippen LogP contribution is -2.49. The first-order valence-corrected chi connectivity index (χ1v) is 8.45. The van der Waals surface area contributed by atoms with Crippen LogP contribution in [0.15, 0.2) is 23.4 Å². The maximum Gasteiger partial charge on any atom is 0.407 e. The number of rotatable bonds is 3. The number of thiocyanates is 1. The summed E-state index contributed by atoms with van der Waals surface area (Å²) < 4.78 is 5.32. The summed E-state index contributed by atoms with van der Waals surface area (Å²) in [6.45, 7) is 7.14. The molecule has 1 amide bonds. The molecule has 1 N–H and O–H groups in total. The first-order chi connectivity index (χ1) is 10.9. The summed E-state index contributed by atoms with van der Waals surface area (Å²) in [6, 6.07) is 1.95. The van der Waals surface area contributed by atoms with Crippen LogP contribution in [0, 0.1) is 10.7 Å². The van der Waals surface area contributed by atoms with Crippen LogP contribution in [0.25, 0.3) is 0 Å². The van der Waals surface area contributed by atoms with Crippen molar-refractivity contribution in [3.63, 3.8) is 0 Å². The van der Waals surface area contributed by atoms with Gasteiger partial charge in [-0.2, -0.15) is 5.26 Å². The van der Waals surface area contributed by atoms with E-state index in [1.165, 1.54) is 0 Å². The normalized spacial score (nSPS) is 18.2. The molecule has 0 saturated carbocycles. The van der Waals surface area contributed by atoms with Gasteiger partial charge in [0.15, 0.2) is 0 Å². The molecule has 0 aromatic carbocycles. The number of pyridine rings is 1. The summed E-state index contributed by atoms with van der Waals surface area (Å²) in [5.74, 6) is 0. The van der Waals surface area contributed by atoms with Crippen LogP contribution >= 0.6 is 11.8 Å². The molecule has 1 atom stereocenters. The number of hydrogen-bond acceptors (Lipinski definition) is 6. The van der Waals surface area contributed by atoms with Crippen molar-refractivity contribution in [2.24, 2.45) is 0 Å². The minimum Gasteiger partial charge on any atom is -0.444 e. The average Bonchev–Trinajstić information content (AvgIpc) is 2.46. The lowest BCUT2D eigenvalue weighted by atomic mass is 10.1. The Morgan fingerprint density at radius 2 is 2.35 bits per heavy atom. The van der Waals surface area contributed by atoms with Gasteiger partial charge in [-0.05, 0) is 51.4 Å². The molecular weight excluding hydrogens is 312 g/mol. The van der Waals surface area contributed by atoms with Gasteiger partial charge in [0, 0.05) is 31.5 Å². The summed E-state index contributed by atoms with van der Waals surface area (Å²) in [4.78, 5) is 19.0. The van der Waals surface area contributed by atoms with Gasteiger partial charge < -0.3 is 15.0 Å². The van der Waals surface area contributed by atoms with E-state index in [0.717, 1.165) is 41.7 Å². The number of piperidine rings is 1. The molecule has 1 saturated heterocycles. The number of carbonyl (C=O) groups is 1. The van der Waals surface area contributed by atoms with Gasteiger partial charge in [-0.25, -0.2) is 4.79 Å². The van der Waals surface area contributed by atoms with E-state index in [2.05, 4.69) is 20.6 Å². The highest BCUT2D eigenvalue weighted by Crippen LogP contribution is 2.30. The van der Waals surface area contributed by atoms with Crippen molar-refractivity contribution >= 4 is 23.5 Å². The second-order valence-electron chi connectivity index (χ2n) is 6.47. The zero-order chi connectivity index (χ0) is 16.9. The monoisotopic (exact) mass is 334 g/mol. The molecule has 1 aromatic rings. The van der Waals surface area contributed by atoms with Gasteiger partial charge in [-0.15, -0.1) is 0 Å². The number of anilines is 1. The first-order valence-electron chi connectivity index (χ1n) is 7.63. The molecule has 0 spiro atoms. The maximum atomic E-state index is 11.9. The second kappa shape index (κ2) is 7.55. The number of aromatic nitrogens is 1. The van der Waals surface area contributed by atoms with Gasteiger partial charge in [0.1, 0.15) is 11.0 Å². The molecule has 1 fully saturated rings. The minimum absolute atomic E-state index is 0.0340. The fourth-order valence-corrected chi connectivity index (χ4v) is 3.06. The van der Waals surface area contributed by atoms with Crippen molar-refractivity contribution in [1.82, 2.24) is 10.3 Å². The third kappa shape index (κ3) is 5.32. The van der Waals surface area contributed by atoms with Gasteiger partial charge in [0.2, 0.25) is 0 Å². The van der Waals surface area contributed by atoms with E-state index in [1.807, 2.05) is 26.8 Å². The van der Waals surface area contributed by atoms with Crippen molar-refractivity contribution < 1.29 is 9.53 Å². The first kappa shape index (κ1) is 17.4. The fourth-order valence-electron chi connectivity index (χ4n) is 2.55. The standard InChI is InChI=1S/C16H22N4O2S/c1-16(2,3)22-15(21)19-12-5-4-8-20(10-12)13-6-7-18-9-14(13)23-11-17/h6-7,9,12H,4-5,8,10H2,1-3H3,(H,19,21). The number of nitrogens with zero attached hydrogens (tertiary/aromatic N) is 3. The summed E-state index contributed by atoms with van der Waals surface area (Å²) in [7, 11) is 0.